The predicted octanol–water partition coefficient (Wildman–Crippen LogP) is 4.74. The fraction of sp³-hybridized carbons (Fsp3) is 0.368. The molecule has 3 nitrogen and oxygen atoms in total. The molecule has 3 aromatic rings. The third-order valence-corrected chi connectivity index (χ3v) is 5.83. The maximum atomic E-state index is 4.52. The van der Waals surface area contributed by atoms with Gasteiger partial charge < -0.3 is 5.32 Å². The van der Waals surface area contributed by atoms with Crippen LogP contribution in [0, 0.1) is 12.8 Å². The first-order valence-corrected chi connectivity index (χ1v) is 9.07. The highest BCUT2D eigenvalue weighted by Crippen LogP contribution is 2.39. The molecule has 0 aliphatic heterocycles. The first-order valence-electron chi connectivity index (χ1n) is 8.25. The summed E-state index contributed by atoms with van der Waals surface area (Å²) in [7, 11) is 0. The van der Waals surface area contributed by atoms with Gasteiger partial charge in [0.1, 0.15) is 17.0 Å². The molecule has 4 heteroatoms. The summed E-state index contributed by atoms with van der Waals surface area (Å²) in [6, 6.07) is 8.65. The number of anilines is 1. The number of hydrogen-bond donors (Lipinski definition) is 1. The normalized spacial score (nSPS) is 17.2. The molecule has 1 atom stereocenters. The van der Waals surface area contributed by atoms with Crippen molar-refractivity contribution in [1.29, 1.82) is 0 Å². The van der Waals surface area contributed by atoms with Crippen molar-refractivity contribution >= 4 is 27.4 Å². The lowest BCUT2D eigenvalue weighted by Gasteiger charge is -2.18. The molecule has 1 aliphatic rings. The average molecular weight is 323 g/mol. The highest BCUT2D eigenvalue weighted by atomic mass is 32.1. The molecule has 0 bridgehead atoms. The molecule has 0 amide bonds. The van der Waals surface area contributed by atoms with Crippen LogP contribution in [0.15, 0.2) is 30.6 Å². The zero-order valence-electron chi connectivity index (χ0n) is 13.6. The number of nitrogens with one attached hydrogen (secondary N) is 1. The summed E-state index contributed by atoms with van der Waals surface area (Å²) >= 11 is 1.85. The van der Waals surface area contributed by atoms with Crippen LogP contribution in [0.25, 0.3) is 10.2 Å². The van der Waals surface area contributed by atoms with Gasteiger partial charge in [-0.15, -0.1) is 11.3 Å². The molecular formula is C19H21N3S. The number of thiophene rings is 1. The molecule has 4 rings (SSSR count). The van der Waals surface area contributed by atoms with Crippen molar-refractivity contribution in [2.75, 3.05) is 5.32 Å². The summed E-state index contributed by atoms with van der Waals surface area (Å²) in [5.74, 6) is 1.77. The van der Waals surface area contributed by atoms with E-state index in [1.54, 1.807) is 6.33 Å². The molecule has 0 fully saturated rings. The third-order valence-electron chi connectivity index (χ3n) is 4.67. The Morgan fingerprint density at radius 2 is 2.04 bits per heavy atom. The number of fused-ring (bicyclic) bond motifs is 3. The molecule has 0 saturated heterocycles. The van der Waals surface area contributed by atoms with E-state index in [1.165, 1.54) is 39.8 Å². The number of rotatable bonds is 3. The van der Waals surface area contributed by atoms with E-state index in [0.717, 1.165) is 29.5 Å². The van der Waals surface area contributed by atoms with Gasteiger partial charge in [-0.05, 0) is 43.2 Å². The first kappa shape index (κ1) is 14.6. The van der Waals surface area contributed by atoms with Crippen molar-refractivity contribution in [2.45, 2.75) is 39.7 Å². The van der Waals surface area contributed by atoms with Crippen LogP contribution in [0.1, 0.15) is 34.9 Å². The van der Waals surface area contributed by atoms with Crippen LogP contribution in [-0.2, 0) is 19.4 Å². The van der Waals surface area contributed by atoms with E-state index >= 15 is 0 Å². The van der Waals surface area contributed by atoms with Crippen molar-refractivity contribution in [3.8, 4) is 0 Å². The van der Waals surface area contributed by atoms with Gasteiger partial charge in [0.05, 0.1) is 5.39 Å². The van der Waals surface area contributed by atoms with E-state index in [0.29, 0.717) is 0 Å². The fourth-order valence-corrected chi connectivity index (χ4v) is 4.65. The van der Waals surface area contributed by atoms with Crippen molar-refractivity contribution < 1.29 is 0 Å². The minimum atomic E-state index is 0.785. The lowest BCUT2D eigenvalue weighted by Crippen LogP contribution is -2.09. The minimum absolute atomic E-state index is 0.785. The van der Waals surface area contributed by atoms with E-state index in [9.17, 15) is 0 Å². The van der Waals surface area contributed by atoms with Crippen LogP contribution in [0.3, 0.4) is 0 Å². The molecule has 1 N–H and O–H groups in total. The van der Waals surface area contributed by atoms with Crippen LogP contribution in [0.2, 0.25) is 0 Å². The van der Waals surface area contributed by atoms with E-state index in [1.807, 2.05) is 11.3 Å². The molecule has 2 aromatic heterocycles. The quantitative estimate of drug-likeness (QED) is 0.757. The average Bonchev–Trinajstić information content (AvgIpc) is 2.92. The molecule has 0 spiro atoms. The van der Waals surface area contributed by atoms with Crippen LogP contribution in [0.4, 0.5) is 5.82 Å². The Hall–Kier alpha value is -1.94. The Labute approximate surface area is 140 Å². The number of aromatic nitrogens is 2. The summed E-state index contributed by atoms with van der Waals surface area (Å²) in [5, 5.41) is 4.78. The highest BCUT2D eigenvalue weighted by Gasteiger charge is 2.22. The topological polar surface area (TPSA) is 37.8 Å². The second-order valence-corrected chi connectivity index (χ2v) is 7.68. The summed E-state index contributed by atoms with van der Waals surface area (Å²) < 4.78 is 0. The molecule has 118 valence electrons. The smallest absolute Gasteiger partial charge is 0.138 e. The number of hydrogen-bond acceptors (Lipinski definition) is 4. The van der Waals surface area contributed by atoms with Gasteiger partial charge in [-0.2, -0.15) is 0 Å². The zero-order chi connectivity index (χ0) is 15.8. The van der Waals surface area contributed by atoms with Crippen molar-refractivity contribution in [1.82, 2.24) is 9.97 Å². The molecular weight excluding hydrogens is 302 g/mol. The number of benzene rings is 1. The summed E-state index contributed by atoms with van der Waals surface area (Å²) in [6.07, 6.45) is 5.30. The molecule has 0 radical (unpaired) electrons. The van der Waals surface area contributed by atoms with E-state index in [-0.39, 0.29) is 0 Å². The molecule has 0 saturated carbocycles. The van der Waals surface area contributed by atoms with Gasteiger partial charge >= 0.3 is 0 Å². The third kappa shape index (κ3) is 2.83. The monoisotopic (exact) mass is 323 g/mol. The predicted molar refractivity (Wildman–Crippen MR) is 97.1 cm³/mol. The van der Waals surface area contributed by atoms with Gasteiger partial charge in [0.25, 0.3) is 0 Å². The molecule has 2 heterocycles. The van der Waals surface area contributed by atoms with Crippen LogP contribution < -0.4 is 5.32 Å². The van der Waals surface area contributed by atoms with E-state index in [4.69, 9.17) is 0 Å². The lowest BCUT2D eigenvalue weighted by molar-refractivity contribution is 0.509. The van der Waals surface area contributed by atoms with Gasteiger partial charge in [0.15, 0.2) is 0 Å². The van der Waals surface area contributed by atoms with Crippen LogP contribution in [-0.4, -0.2) is 9.97 Å². The minimum Gasteiger partial charge on any atom is -0.365 e. The van der Waals surface area contributed by atoms with E-state index in [2.05, 4.69) is 53.4 Å². The Morgan fingerprint density at radius 3 is 2.87 bits per heavy atom. The van der Waals surface area contributed by atoms with Crippen molar-refractivity contribution in [3.63, 3.8) is 0 Å². The van der Waals surface area contributed by atoms with E-state index < -0.39 is 0 Å². The summed E-state index contributed by atoms with van der Waals surface area (Å²) in [5.41, 5.74) is 4.05. The highest BCUT2D eigenvalue weighted by molar-refractivity contribution is 7.19. The second-order valence-electron chi connectivity index (χ2n) is 6.59. The Morgan fingerprint density at radius 1 is 1.22 bits per heavy atom. The van der Waals surface area contributed by atoms with Crippen LogP contribution >= 0.6 is 11.3 Å². The van der Waals surface area contributed by atoms with Gasteiger partial charge in [-0.25, -0.2) is 9.97 Å². The lowest BCUT2D eigenvalue weighted by atomic mass is 9.89. The Balaban J connectivity index is 1.66. The van der Waals surface area contributed by atoms with Gasteiger partial charge in [-0.1, -0.05) is 36.8 Å². The SMILES string of the molecule is Cc1ccc(CNc2ncnc3sc4c(c23)CC[C@H](C)C4)cc1. The standard InChI is InChI=1S/C19H21N3S/c1-12-3-6-14(7-4-12)10-20-18-17-15-8-5-13(2)9-16(15)23-19(17)22-11-21-18/h3-4,6-7,11,13H,5,8-10H2,1-2H3,(H,20,21,22)/t13-/m0/s1. The summed E-state index contributed by atoms with van der Waals surface area (Å²) in [6.45, 7) is 5.26. The second kappa shape index (κ2) is 5.93. The van der Waals surface area contributed by atoms with Gasteiger partial charge in [0, 0.05) is 11.4 Å². The molecule has 23 heavy (non-hydrogen) atoms. The Kier molecular flexibility index (Phi) is 3.77. The van der Waals surface area contributed by atoms with Crippen molar-refractivity contribution in [2.24, 2.45) is 5.92 Å². The first-order chi connectivity index (χ1) is 11.2. The molecule has 1 aromatic carbocycles. The van der Waals surface area contributed by atoms with Crippen LogP contribution in [0.5, 0.6) is 0 Å². The maximum absolute atomic E-state index is 4.52. The number of nitrogens with zero attached hydrogens (tertiary/aromatic N) is 2. The largest absolute Gasteiger partial charge is 0.365 e. The molecule has 1 aliphatic carbocycles. The van der Waals surface area contributed by atoms with Crippen molar-refractivity contribution in [3.05, 3.63) is 52.2 Å². The maximum Gasteiger partial charge on any atom is 0.138 e. The zero-order valence-corrected chi connectivity index (χ0v) is 14.4. The fourth-order valence-electron chi connectivity index (χ4n) is 3.30. The molecule has 0 unspecified atom stereocenters. The van der Waals surface area contributed by atoms with Gasteiger partial charge in [-0.3, -0.25) is 0 Å². The number of aryl methyl sites for hydroxylation is 2. The Bertz CT molecular complexity index is 836. The van der Waals surface area contributed by atoms with Gasteiger partial charge in [0.2, 0.25) is 0 Å². The summed E-state index contributed by atoms with van der Waals surface area (Å²) in [4.78, 5) is 11.7.